The number of hydrogen-bond acceptors (Lipinski definition) is 1. The molecule has 102 valence electrons. The summed E-state index contributed by atoms with van der Waals surface area (Å²) < 4.78 is 0. The highest BCUT2D eigenvalue weighted by Crippen LogP contribution is 2.44. The number of hydrogen-bond donors (Lipinski definition) is 0. The molecule has 0 saturated carbocycles. The predicted molar refractivity (Wildman–Crippen MR) is 81.8 cm³/mol. The molecule has 1 aliphatic rings. The number of carbonyl (C=O) groups excluding carboxylic acids is 1. The molecule has 19 heavy (non-hydrogen) atoms. The molecule has 0 unspecified atom stereocenters. The summed E-state index contributed by atoms with van der Waals surface area (Å²) in [5.74, 6) is 0.0500. The van der Waals surface area contributed by atoms with Crippen LogP contribution in [0.5, 0.6) is 0 Å². The maximum Gasteiger partial charge on any atom is 0.152 e. The van der Waals surface area contributed by atoms with Crippen LogP contribution in [0, 0.1) is 19.3 Å². The van der Waals surface area contributed by atoms with Gasteiger partial charge in [-0.2, -0.15) is 0 Å². The van der Waals surface area contributed by atoms with Gasteiger partial charge < -0.3 is 0 Å². The molecule has 0 aliphatic heterocycles. The molecule has 2 rings (SSSR count). The highest BCUT2D eigenvalue weighted by Gasteiger charge is 2.32. The first-order chi connectivity index (χ1) is 8.73. The lowest BCUT2D eigenvalue weighted by molar-refractivity contribution is -0.112. The smallest absolute Gasteiger partial charge is 0.152 e. The molecule has 1 aromatic rings. The van der Waals surface area contributed by atoms with Crippen molar-refractivity contribution in [1.29, 1.82) is 0 Å². The average molecular weight is 277 g/mol. The quantitative estimate of drug-likeness (QED) is 0.717. The van der Waals surface area contributed by atoms with Crippen molar-refractivity contribution < 1.29 is 4.79 Å². The van der Waals surface area contributed by atoms with Gasteiger partial charge in [0.15, 0.2) is 5.78 Å². The zero-order valence-corrected chi connectivity index (χ0v) is 13.1. The normalized spacial score (nSPS) is 16.9. The lowest BCUT2D eigenvalue weighted by Crippen LogP contribution is -2.09. The lowest BCUT2D eigenvalue weighted by atomic mass is 9.90. The van der Waals surface area contributed by atoms with Crippen LogP contribution in [-0.2, 0) is 17.6 Å². The molecule has 1 nitrogen and oxygen atoms in total. The third kappa shape index (κ3) is 2.62. The highest BCUT2D eigenvalue weighted by molar-refractivity contribution is 6.33. The molecular weight excluding hydrogens is 256 g/mol. The van der Waals surface area contributed by atoms with Crippen molar-refractivity contribution in [1.82, 2.24) is 0 Å². The van der Waals surface area contributed by atoms with Crippen LogP contribution >= 0.6 is 11.6 Å². The van der Waals surface area contributed by atoms with Gasteiger partial charge in [-0.3, -0.25) is 4.79 Å². The van der Waals surface area contributed by atoms with Crippen LogP contribution in [0.3, 0.4) is 0 Å². The van der Waals surface area contributed by atoms with Crippen LogP contribution < -0.4 is 0 Å². The van der Waals surface area contributed by atoms with Crippen LogP contribution in [0.2, 0.25) is 5.02 Å². The van der Waals surface area contributed by atoms with E-state index in [4.69, 9.17) is 11.6 Å². The number of benzene rings is 1. The lowest BCUT2D eigenvalue weighted by Gasteiger charge is -2.15. The third-order valence-corrected chi connectivity index (χ3v) is 4.51. The van der Waals surface area contributed by atoms with Crippen molar-refractivity contribution in [3.8, 4) is 0 Å². The van der Waals surface area contributed by atoms with Gasteiger partial charge in [-0.25, -0.2) is 0 Å². The van der Waals surface area contributed by atoms with Crippen LogP contribution in [0.25, 0.3) is 6.08 Å². The van der Waals surface area contributed by atoms with E-state index in [1.165, 1.54) is 22.3 Å². The Balaban J connectivity index is 2.61. The minimum atomic E-state index is 0.0500. The maximum absolute atomic E-state index is 11.1. The second-order valence-corrected chi connectivity index (χ2v) is 6.77. The SMILES string of the molecule is CC(=O)C=Cc1c(C)c(C)c2c(c1Cl)CC(C)(C)C2. The Hall–Kier alpha value is -1.08. The van der Waals surface area contributed by atoms with E-state index in [0.29, 0.717) is 0 Å². The van der Waals surface area contributed by atoms with Gasteiger partial charge in [0.05, 0.1) is 5.02 Å². The summed E-state index contributed by atoms with van der Waals surface area (Å²) in [6, 6.07) is 0. The van der Waals surface area contributed by atoms with Gasteiger partial charge in [0.2, 0.25) is 0 Å². The fraction of sp³-hybridized carbons (Fsp3) is 0.471. The number of halogens is 1. The van der Waals surface area contributed by atoms with Crippen molar-refractivity contribution in [2.45, 2.75) is 47.5 Å². The summed E-state index contributed by atoms with van der Waals surface area (Å²) in [7, 11) is 0. The molecule has 0 bridgehead atoms. The molecule has 0 heterocycles. The molecule has 0 saturated heterocycles. The van der Waals surface area contributed by atoms with Gasteiger partial charge in [-0.15, -0.1) is 0 Å². The first-order valence-corrected chi connectivity index (χ1v) is 7.10. The van der Waals surface area contributed by atoms with E-state index in [0.717, 1.165) is 23.4 Å². The molecule has 0 radical (unpaired) electrons. The molecule has 0 aromatic heterocycles. The van der Waals surface area contributed by atoms with Crippen LogP contribution in [0.1, 0.15) is 48.6 Å². The Morgan fingerprint density at radius 1 is 1.16 bits per heavy atom. The van der Waals surface area contributed by atoms with E-state index in [-0.39, 0.29) is 11.2 Å². The minimum Gasteiger partial charge on any atom is -0.295 e. The third-order valence-electron chi connectivity index (χ3n) is 4.08. The Labute approximate surface area is 120 Å². The van der Waals surface area contributed by atoms with Gasteiger partial charge in [-0.1, -0.05) is 25.4 Å². The second kappa shape index (κ2) is 4.79. The Kier molecular flexibility index (Phi) is 3.61. The standard InChI is InChI=1S/C17H21ClO/c1-10(19)6-7-13-11(2)12(3)14-8-17(4,5)9-15(14)16(13)18/h6-7H,8-9H2,1-5H3. The van der Waals surface area contributed by atoms with Crippen LogP contribution in [-0.4, -0.2) is 5.78 Å². The van der Waals surface area contributed by atoms with Crippen molar-refractivity contribution in [2.75, 3.05) is 0 Å². The summed E-state index contributed by atoms with van der Waals surface area (Å²) in [6.45, 7) is 10.4. The molecule has 0 spiro atoms. The second-order valence-electron chi connectivity index (χ2n) is 6.40. The highest BCUT2D eigenvalue weighted by atomic mass is 35.5. The zero-order valence-electron chi connectivity index (χ0n) is 12.4. The van der Waals surface area contributed by atoms with Crippen LogP contribution in [0.15, 0.2) is 6.08 Å². The molecule has 0 amide bonds. The molecule has 0 N–H and O–H groups in total. The Bertz CT molecular complexity index is 580. The minimum absolute atomic E-state index is 0.0500. The van der Waals surface area contributed by atoms with Crippen molar-refractivity contribution in [3.63, 3.8) is 0 Å². The van der Waals surface area contributed by atoms with Gasteiger partial charge in [0.1, 0.15) is 0 Å². The fourth-order valence-corrected chi connectivity index (χ4v) is 3.34. The Morgan fingerprint density at radius 3 is 2.32 bits per heavy atom. The first kappa shape index (κ1) is 14.3. The van der Waals surface area contributed by atoms with Crippen molar-refractivity contribution in [2.24, 2.45) is 5.41 Å². The van der Waals surface area contributed by atoms with Crippen molar-refractivity contribution in [3.05, 3.63) is 38.9 Å². The monoisotopic (exact) mass is 276 g/mol. The summed E-state index contributed by atoms with van der Waals surface area (Å²) >= 11 is 6.58. The summed E-state index contributed by atoms with van der Waals surface area (Å²) in [5.41, 5.74) is 6.50. The number of fused-ring (bicyclic) bond motifs is 1. The van der Waals surface area contributed by atoms with E-state index < -0.39 is 0 Å². The van der Waals surface area contributed by atoms with E-state index in [1.807, 2.05) is 6.08 Å². The van der Waals surface area contributed by atoms with Gasteiger partial charge in [0.25, 0.3) is 0 Å². The van der Waals surface area contributed by atoms with Gasteiger partial charge in [0, 0.05) is 0 Å². The topological polar surface area (TPSA) is 17.1 Å². The maximum atomic E-state index is 11.1. The Morgan fingerprint density at radius 2 is 1.74 bits per heavy atom. The zero-order chi connectivity index (χ0) is 14.4. The number of ketones is 1. The molecule has 2 heteroatoms. The molecule has 0 atom stereocenters. The number of rotatable bonds is 2. The number of allylic oxidation sites excluding steroid dienone is 1. The summed E-state index contributed by atoms with van der Waals surface area (Å²) in [5, 5.41) is 0.834. The summed E-state index contributed by atoms with van der Waals surface area (Å²) in [6.07, 6.45) is 5.56. The van der Waals surface area contributed by atoms with E-state index in [1.54, 1.807) is 13.0 Å². The first-order valence-electron chi connectivity index (χ1n) is 6.72. The van der Waals surface area contributed by atoms with Crippen LogP contribution in [0.4, 0.5) is 0 Å². The van der Waals surface area contributed by atoms with Crippen molar-refractivity contribution >= 4 is 23.5 Å². The van der Waals surface area contributed by atoms with Gasteiger partial charge >= 0.3 is 0 Å². The van der Waals surface area contributed by atoms with E-state index >= 15 is 0 Å². The fourth-order valence-electron chi connectivity index (χ4n) is 2.96. The molecule has 0 fully saturated rings. The molecular formula is C17H21ClO. The molecule has 1 aromatic carbocycles. The average Bonchev–Trinajstić information content (AvgIpc) is 2.62. The number of carbonyl (C=O) groups is 1. The predicted octanol–water partition coefficient (Wildman–Crippen LogP) is 4.68. The van der Waals surface area contributed by atoms with E-state index in [2.05, 4.69) is 27.7 Å². The summed E-state index contributed by atoms with van der Waals surface area (Å²) in [4.78, 5) is 11.1. The largest absolute Gasteiger partial charge is 0.295 e. The van der Waals surface area contributed by atoms with Gasteiger partial charge in [-0.05, 0) is 79.0 Å². The van der Waals surface area contributed by atoms with E-state index in [9.17, 15) is 4.79 Å². The molecule has 1 aliphatic carbocycles.